The molecule has 0 radical (unpaired) electrons. The smallest absolute Gasteiger partial charge is 0.225 e. The summed E-state index contributed by atoms with van der Waals surface area (Å²) in [5, 5.41) is 18.7. The van der Waals surface area contributed by atoms with Crippen molar-refractivity contribution in [1.82, 2.24) is 29.8 Å². The number of nitrogens with two attached hydrogens (primary N) is 1. The lowest BCUT2D eigenvalue weighted by atomic mass is 10.3. The van der Waals surface area contributed by atoms with Gasteiger partial charge in [-0.15, -0.1) is 5.10 Å². The molecule has 0 aliphatic carbocycles. The lowest BCUT2D eigenvalue weighted by Gasteiger charge is -2.27. The number of fused-ring (bicyclic) bond motifs is 1. The summed E-state index contributed by atoms with van der Waals surface area (Å²) in [7, 11) is 0. The molecule has 10 heteroatoms. The third kappa shape index (κ3) is 3.11. The van der Waals surface area contributed by atoms with E-state index >= 15 is 0 Å². The molecular formula is C16H21N9O. The summed E-state index contributed by atoms with van der Waals surface area (Å²) in [5.41, 5.74) is 7.07. The van der Waals surface area contributed by atoms with Gasteiger partial charge in [0.1, 0.15) is 5.82 Å². The summed E-state index contributed by atoms with van der Waals surface area (Å²) >= 11 is 0. The van der Waals surface area contributed by atoms with Crippen molar-refractivity contribution >= 4 is 23.6 Å². The Morgan fingerprint density at radius 3 is 2.92 bits per heavy atom. The Balaban J connectivity index is 1.59. The van der Waals surface area contributed by atoms with Crippen molar-refractivity contribution in [3.63, 3.8) is 0 Å². The Labute approximate surface area is 149 Å². The topological polar surface area (TPSA) is 133 Å². The first-order valence-corrected chi connectivity index (χ1v) is 8.54. The molecule has 10 nitrogen and oxygen atoms in total. The Morgan fingerprint density at radius 1 is 1.35 bits per heavy atom. The van der Waals surface area contributed by atoms with Crippen LogP contribution in [-0.4, -0.2) is 70.0 Å². The summed E-state index contributed by atoms with van der Waals surface area (Å²) in [6.45, 7) is 5.70. The molecule has 1 aliphatic heterocycles. The maximum Gasteiger partial charge on any atom is 0.225 e. The van der Waals surface area contributed by atoms with Gasteiger partial charge in [0, 0.05) is 45.5 Å². The summed E-state index contributed by atoms with van der Waals surface area (Å²) in [5.74, 6) is 1.70. The van der Waals surface area contributed by atoms with Gasteiger partial charge < -0.3 is 26.2 Å². The standard InChI is InChI=1S/C16H21N9O/c17-10-11-13(20-5-8-24-6-3-19-4-7-24)22-16(18)25-15(11)21-14(23-25)12-2-1-9-26-12/h1-2,9-10,17,19-20H,3-8H2,(H2,18,22). The van der Waals surface area contributed by atoms with E-state index in [1.54, 1.807) is 18.4 Å². The molecule has 0 amide bonds. The molecule has 0 bridgehead atoms. The zero-order valence-electron chi connectivity index (χ0n) is 14.3. The molecule has 1 fully saturated rings. The van der Waals surface area contributed by atoms with Gasteiger partial charge in [0.25, 0.3) is 0 Å². The number of hydrogen-bond donors (Lipinski definition) is 4. The SMILES string of the molecule is N=Cc1c(NCCN2CCNCC2)nc(N)n2nc(-c3ccco3)nc12. The number of nitrogen functional groups attached to an aromatic ring is 1. The van der Waals surface area contributed by atoms with E-state index in [0.29, 0.717) is 35.2 Å². The fourth-order valence-corrected chi connectivity index (χ4v) is 3.02. The number of nitrogens with zero attached hydrogens (tertiary/aromatic N) is 5. The van der Waals surface area contributed by atoms with Crippen molar-refractivity contribution in [3.8, 4) is 11.6 Å². The number of rotatable bonds is 6. The van der Waals surface area contributed by atoms with E-state index in [2.05, 4.69) is 30.6 Å². The van der Waals surface area contributed by atoms with Crippen molar-refractivity contribution in [2.45, 2.75) is 0 Å². The molecule has 0 spiro atoms. The number of furan rings is 1. The fraction of sp³-hybridized carbons (Fsp3) is 0.375. The molecule has 136 valence electrons. The van der Waals surface area contributed by atoms with Gasteiger partial charge in [-0.25, -0.2) is 4.98 Å². The molecule has 1 aliphatic rings. The number of hydrogen-bond acceptors (Lipinski definition) is 9. The van der Waals surface area contributed by atoms with Crippen molar-refractivity contribution < 1.29 is 4.42 Å². The molecule has 3 aromatic heterocycles. The number of nitrogens with one attached hydrogen (secondary N) is 3. The van der Waals surface area contributed by atoms with E-state index in [-0.39, 0.29) is 5.95 Å². The van der Waals surface area contributed by atoms with Crippen LogP contribution in [0.2, 0.25) is 0 Å². The maximum absolute atomic E-state index is 7.78. The van der Waals surface area contributed by atoms with Crippen LogP contribution in [0.5, 0.6) is 0 Å². The Bertz CT molecular complexity index is 896. The second kappa shape index (κ2) is 7.10. The molecule has 1 saturated heterocycles. The third-order valence-electron chi connectivity index (χ3n) is 4.36. The van der Waals surface area contributed by atoms with E-state index in [1.807, 2.05) is 0 Å². The first-order chi connectivity index (χ1) is 12.8. The van der Waals surface area contributed by atoms with E-state index < -0.39 is 0 Å². The second-order valence-corrected chi connectivity index (χ2v) is 6.04. The molecule has 5 N–H and O–H groups in total. The minimum atomic E-state index is 0.209. The van der Waals surface area contributed by atoms with Gasteiger partial charge in [-0.05, 0) is 12.1 Å². The largest absolute Gasteiger partial charge is 0.461 e. The van der Waals surface area contributed by atoms with Crippen LogP contribution in [0.1, 0.15) is 5.56 Å². The highest BCUT2D eigenvalue weighted by Gasteiger charge is 2.18. The van der Waals surface area contributed by atoms with Crippen molar-refractivity contribution in [2.75, 3.05) is 50.3 Å². The zero-order chi connectivity index (χ0) is 17.9. The van der Waals surface area contributed by atoms with Crippen LogP contribution in [0.4, 0.5) is 11.8 Å². The summed E-state index contributed by atoms with van der Waals surface area (Å²) in [6.07, 6.45) is 2.78. The molecular weight excluding hydrogens is 334 g/mol. The van der Waals surface area contributed by atoms with Crippen molar-refractivity contribution in [1.29, 1.82) is 5.41 Å². The van der Waals surface area contributed by atoms with Crippen LogP contribution in [0.25, 0.3) is 17.2 Å². The highest BCUT2D eigenvalue weighted by molar-refractivity contribution is 5.93. The van der Waals surface area contributed by atoms with Crippen LogP contribution >= 0.6 is 0 Å². The highest BCUT2D eigenvalue weighted by atomic mass is 16.3. The molecule has 0 atom stereocenters. The van der Waals surface area contributed by atoms with Crippen LogP contribution in [0, 0.1) is 5.41 Å². The molecule has 4 heterocycles. The van der Waals surface area contributed by atoms with Crippen LogP contribution in [0.15, 0.2) is 22.8 Å². The predicted octanol–water partition coefficient (Wildman–Crippen LogP) is 0.281. The molecule has 26 heavy (non-hydrogen) atoms. The van der Waals surface area contributed by atoms with Crippen LogP contribution in [-0.2, 0) is 0 Å². The van der Waals surface area contributed by atoms with Crippen molar-refractivity contribution in [2.24, 2.45) is 0 Å². The van der Waals surface area contributed by atoms with Gasteiger partial charge in [-0.1, -0.05) is 0 Å². The highest BCUT2D eigenvalue weighted by Crippen LogP contribution is 2.23. The summed E-state index contributed by atoms with van der Waals surface area (Å²) in [4.78, 5) is 11.2. The van der Waals surface area contributed by atoms with Crippen LogP contribution < -0.4 is 16.4 Å². The van der Waals surface area contributed by atoms with Gasteiger partial charge in [-0.3, -0.25) is 4.90 Å². The zero-order valence-corrected chi connectivity index (χ0v) is 14.3. The van der Waals surface area contributed by atoms with E-state index in [4.69, 9.17) is 15.6 Å². The quantitative estimate of drug-likeness (QED) is 0.463. The van der Waals surface area contributed by atoms with E-state index in [1.165, 1.54) is 10.7 Å². The number of piperazine rings is 1. The number of aromatic nitrogens is 4. The fourth-order valence-electron chi connectivity index (χ4n) is 3.02. The van der Waals surface area contributed by atoms with E-state index in [0.717, 1.165) is 32.7 Å². The minimum Gasteiger partial charge on any atom is -0.461 e. The summed E-state index contributed by atoms with van der Waals surface area (Å²) < 4.78 is 6.77. The van der Waals surface area contributed by atoms with E-state index in [9.17, 15) is 0 Å². The number of anilines is 2. The van der Waals surface area contributed by atoms with Crippen LogP contribution in [0.3, 0.4) is 0 Å². The lowest BCUT2D eigenvalue weighted by Crippen LogP contribution is -2.45. The molecule has 0 unspecified atom stereocenters. The first-order valence-electron chi connectivity index (χ1n) is 8.54. The Morgan fingerprint density at radius 2 is 2.19 bits per heavy atom. The molecule has 0 aromatic carbocycles. The van der Waals surface area contributed by atoms with Gasteiger partial charge in [0.15, 0.2) is 11.4 Å². The normalized spacial score (nSPS) is 15.4. The maximum atomic E-state index is 7.78. The Kier molecular flexibility index (Phi) is 4.50. The predicted molar refractivity (Wildman–Crippen MR) is 98.6 cm³/mol. The average molecular weight is 355 g/mol. The monoisotopic (exact) mass is 355 g/mol. The Hall–Kier alpha value is -2.98. The van der Waals surface area contributed by atoms with Gasteiger partial charge in [-0.2, -0.15) is 9.50 Å². The lowest BCUT2D eigenvalue weighted by molar-refractivity contribution is 0.249. The van der Waals surface area contributed by atoms with Gasteiger partial charge in [0.05, 0.1) is 11.8 Å². The minimum absolute atomic E-state index is 0.209. The second-order valence-electron chi connectivity index (χ2n) is 6.04. The first kappa shape index (κ1) is 16.5. The molecule has 4 rings (SSSR count). The van der Waals surface area contributed by atoms with Gasteiger partial charge in [0.2, 0.25) is 11.8 Å². The molecule has 0 saturated carbocycles. The van der Waals surface area contributed by atoms with Crippen molar-refractivity contribution in [3.05, 3.63) is 24.0 Å². The van der Waals surface area contributed by atoms with Gasteiger partial charge >= 0.3 is 0 Å². The summed E-state index contributed by atoms with van der Waals surface area (Å²) in [6, 6.07) is 3.54. The average Bonchev–Trinajstić information content (AvgIpc) is 3.33. The molecule has 3 aromatic rings. The third-order valence-corrected chi connectivity index (χ3v) is 4.36.